The van der Waals surface area contributed by atoms with Crippen molar-refractivity contribution in [2.75, 3.05) is 13.1 Å². The summed E-state index contributed by atoms with van der Waals surface area (Å²) in [6.45, 7) is 15.8. The molecule has 1 aromatic rings. The van der Waals surface area contributed by atoms with Crippen molar-refractivity contribution in [2.24, 2.45) is 11.8 Å². The van der Waals surface area contributed by atoms with E-state index in [2.05, 4.69) is 29.6 Å². The Hall–Kier alpha value is -1.56. The number of nitrogens with zero attached hydrogens (tertiary/aromatic N) is 1. The number of hydrogen-bond donors (Lipinski definition) is 2. The summed E-state index contributed by atoms with van der Waals surface area (Å²) >= 11 is 0. The second kappa shape index (κ2) is 8.34. The van der Waals surface area contributed by atoms with Gasteiger partial charge in [0.05, 0.1) is 5.69 Å². The quantitative estimate of drug-likeness (QED) is 0.805. The molecule has 0 aliphatic heterocycles. The molecule has 0 aliphatic rings. The van der Waals surface area contributed by atoms with Crippen molar-refractivity contribution in [1.82, 2.24) is 15.8 Å². The van der Waals surface area contributed by atoms with Crippen LogP contribution in [-0.4, -0.2) is 29.9 Å². The minimum absolute atomic E-state index is 0.322. The third kappa shape index (κ3) is 7.03. The molecule has 1 unspecified atom stereocenters. The molecule has 0 aromatic carbocycles. The first-order valence-corrected chi connectivity index (χ1v) is 8.19. The molecule has 0 fully saturated rings. The molecule has 1 heterocycles. The summed E-state index contributed by atoms with van der Waals surface area (Å²) in [4.78, 5) is 11.8. The van der Waals surface area contributed by atoms with Crippen LogP contribution in [-0.2, 0) is 11.3 Å². The van der Waals surface area contributed by atoms with E-state index in [1.807, 2.05) is 34.6 Å². The van der Waals surface area contributed by atoms with Gasteiger partial charge in [-0.2, -0.15) is 0 Å². The first kappa shape index (κ1) is 19.5. The highest BCUT2D eigenvalue weighted by atomic mass is 16.6. The molecule has 1 aromatic heterocycles. The Labute approximate surface area is 139 Å². The molecule has 1 atom stereocenters. The molecule has 6 nitrogen and oxygen atoms in total. The van der Waals surface area contributed by atoms with Crippen LogP contribution in [0.5, 0.6) is 0 Å². The number of ether oxygens (including phenoxy) is 1. The Balaban J connectivity index is 2.42. The highest BCUT2D eigenvalue weighted by Gasteiger charge is 2.19. The van der Waals surface area contributed by atoms with E-state index in [1.54, 1.807) is 0 Å². The Morgan fingerprint density at radius 1 is 1.26 bits per heavy atom. The van der Waals surface area contributed by atoms with Crippen LogP contribution in [0.4, 0.5) is 4.79 Å². The number of alkyl carbamates (subject to hydrolysis) is 1. The number of carbonyl (C=O) groups excluding carboxylic acids is 1. The number of rotatable bonds is 7. The van der Waals surface area contributed by atoms with Gasteiger partial charge < -0.3 is 19.9 Å². The molecule has 0 radical (unpaired) electrons. The molecule has 0 saturated carbocycles. The summed E-state index contributed by atoms with van der Waals surface area (Å²) in [7, 11) is 0. The molecule has 0 spiro atoms. The predicted molar refractivity (Wildman–Crippen MR) is 90.2 cm³/mol. The Bertz CT molecular complexity index is 484. The van der Waals surface area contributed by atoms with Gasteiger partial charge in [0.2, 0.25) is 0 Å². The number of aryl methyl sites for hydroxylation is 2. The summed E-state index contributed by atoms with van der Waals surface area (Å²) in [6, 6.07) is 0. The molecular formula is C17H31N3O3. The van der Waals surface area contributed by atoms with Gasteiger partial charge in [-0.05, 0) is 46.5 Å². The van der Waals surface area contributed by atoms with Crippen LogP contribution in [0.15, 0.2) is 4.52 Å². The van der Waals surface area contributed by atoms with Gasteiger partial charge in [0.15, 0.2) is 0 Å². The monoisotopic (exact) mass is 325 g/mol. The van der Waals surface area contributed by atoms with Gasteiger partial charge in [-0.3, -0.25) is 0 Å². The van der Waals surface area contributed by atoms with Crippen molar-refractivity contribution in [2.45, 2.75) is 60.6 Å². The minimum Gasteiger partial charge on any atom is -0.444 e. The maximum Gasteiger partial charge on any atom is 0.407 e. The zero-order valence-electron chi connectivity index (χ0n) is 15.4. The van der Waals surface area contributed by atoms with E-state index in [4.69, 9.17) is 9.26 Å². The molecule has 1 rings (SSSR count). The van der Waals surface area contributed by atoms with E-state index >= 15 is 0 Å². The number of aromatic nitrogens is 1. The molecule has 23 heavy (non-hydrogen) atoms. The summed E-state index contributed by atoms with van der Waals surface area (Å²) in [5.41, 5.74) is 1.55. The lowest BCUT2D eigenvalue weighted by Gasteiger charge is -2.24. The van der Waals surface area contributed by atoms with Gasteiger partial charge in [-0.15, -0.1) is 0 Å². The van der Waals surface area contributed by atoms with Crippen molar-refractivity contribution >= 4 is 6.09 Å². The summed E-state index contributed by atoms with van der Waals surface area (Å²) in [5.74, 6) is 1.62. The van der Waals surface area contributed by atoms with Gasteiger partial charge in [-0.1, -0.05) is 19.0 Å². The number of nitrogens with one attached hydrogen (secondary N) is 2. The van der Waals surface area contributed by atoms with Gasteiger partial charge in [-0.25, -0.2) is 4.79 Å². The summed E-state index contributed by atoms with van der Waals surface area (Å²) < 4.78 is 10.4. The predicted octanol–water partition coefficient (Wildman–Crippen LogP) is 3.18. The largest absolute Gasteiger partial charge is 0.444 e. The second-order valence-corrected chi connectivity index (χ2v) is 7.32. The number of amides is 1. The van der Waals surface area contributed by atoms with E-state index in [9.17, 15) is 4.79 Å². The molecule has 0 saturated heterocycles. The molecular weight excluding hydrogens is 294 g/mol. The third-order valence-corrected chi connectivity index (χ3v) is 3.74. The maximum absolute atomic E-state index is 11.8. The van der Waals surface area contributed by atoms with E-state index in [0.717, 1.165) is 30.1 Å². The lowest BCUT2D eigenvalue weighted by molar-refractivity contribution is 0.0515. The van der Waals surface area contributed by atoms with Gasteiger partial charge in [0, 0.05) is 25.2 Å². The van der Waals surface area contributed by atoms with Gasteiger partial charge in [0.1, 0.15) is 11.4 Å². The van der Waals surface area contributed by atoms with Crippen molar-refractivity contribution in [3.05, 3.63) is 17.0 Å². The highest BCUT2D eigenvalue weighted by molar-refractivity contribution is 5.67. The fourth-order valence-electron chi connectivity index (χ4n) is 2.21. The Morgan fingerprint density at radius 2 is 1.91 bits per heavy atom. The standard InChI is InChI=1S/C17H31N3O3/c1-11(2)14(9-19-16(21)22-17(5,6)7)8-18-10-15-12(3)20-23-13(15)4/h11,14,18H,8-10H2,1-7H3,(H,19,21). The number of carbonyl (C=O) groups is 1. The first-order chi connectivity index (χ1) is 10.6. The molecule has 2 N–H and O–H groups in total. The van der Waals surface area contributed by atoms with Crippen LogP contribution in [0, 0.1) is 25.7 Å². The molecule has 1 amide bonds. The second-order valence-electron chi connectivity index (χ2n) is 7.32. The van der Waals surface area contributed by atoms with Crippen LogP contribution in [0.3, 0.4) is 0 Å². The van der Waals surface area contributed by atoms with Crippen LogP contribution in [0.1, 0.15) is 51.6 Å². The van der Waals surface area contributed by atoms with E-state index in [-0.39, 0.29) is 6.09 Å². The molecule has 6 heteroatoms. The smallest absolute Gasteiger partial charge is 0.407 e. The normalized spacial score (nSPS) is 13.2. The highest BCUT2D eigenvalue weighted by Crippen LogP contribution is 2.13. The molecule has 132 valence electrons. The lowest BCUT2D eigenvalue weighted by Crippen LogP contribution is -2.39. The fourth-order valence-corrected chi connectivity index (χ4v) is 2.21. The Kier molecular flexibility index (Phi) is 7.06. The third-order valence-electron chi connectivity index (χ3n) is 3.74. The SMILES string of the molecule is Cc1noc(C)c1CNCC(CNC(=O)OC(C)(C)C)C(C)C. The van der Waals surface area contributed by atoms with E-state index < -0.39 is 5.60 Å². The number of hydrogen-bond acceptors (Lipinski definition) is 5. The lowest BCUT2D eigenvalue weighted by atomic mass is 9.95. The van der Waals surface area contributed by atoms with Crippen LogP contribution >= 0.6 is 0 Å². The maximum atomic E-state index is 11.8. The van der Waals surface area contributed by atoms with Crippen LogP contribution in [0.25, 0.3) is 0 Å². The van der Waals surface area contributed by atoms with E-state index in [1.165, 1.54) is 0 Å². The van der Waals surface area contributed by atoms with Crippen molar-refractivity contribution in [1.29, 1.82) is 0 Å². The van der Waals surface area contributed by atoms with Gasteiger partial charge in [0.25, 0.3) is 0 Å². The minimum atomic E-state index is -0.473. The van der Waals surface area contributed by atoms with Crippen molar-refractivity contribution in [3.63, 3.8) is 0 Å². The van der Waals surface area contributed by atoms with Gasteiger partial charge >= 0.3 is 6.09 Å². The van der Waals surface area contributed by atoms with E-state index in [0.29, 0.717) is 18.4 Å². The first-order valence-electron chi connectivity index (χ1n) is 8.19. The topological polar surface area (TPSA) is 76.4 Å². The fraction of sp³-hybridized carbons (Fsp3) is 0.765. The van der Waals surface area contributed by atoms with Crippen LogP contribution < -0.4 is 10.6 Å². The average Bonchev–Trinajstić information content (AvgIpc) is 2.71. The van der Waals surface area contributed by atoms with Crippen molar-refractivity contribution in [3.8, 4) is 0 Å². The van der Waals surface area contributed by atoms with Crippen molar-refractivity contribution < 1.29 is 14.1 Å². The summed E-state index contributed by atoms with van der Waals surface area (Å²) in [6.07, 6.45) is -0.367. The zero-order chi connectivity index (χ0) is 17.6. The molecule has 0 bridgehead atoms. The summed E-state index contributed by atoms with van der Waals surface area (Å²) in [5, 5.41) is 10.2. The van der Waals surface area contributed by atoms with Crippen LogP contribution in [0.2, 0.25) is 0 Å². The average molecular weight is 325 g/mol. The Morgan fingerprint density at radius 3 is 2.39 bits per heavy atom. The zero-order valence-corrected chi connectivity index (χ0v) is 15.4. The molecule has 0 aliphatic carbocycles.